The highest BCUT2D eigenvalue weighted by atomic mass is 19.4. The van der Waals surface area contributed by atoms with Gasteiger partial charge in [0.1, 0.15) is 23.1 Å². The maximum absolute atomic E-state index is 13.7. The lowest BCUT2D eigenvalue weighted by Gasteiger charge is -2.14. The van der Waals surface area contributed by atoms with Crippen LogP contribution in [-0.2, 0) is 10.9 Å². The van der Waals surface area contributed by atoms with Crippen LogP contribution in [0.5, 0.6) is 5.75 Å². The highest BCUT2D eigenvalue weighted by Crippen LogP contribution is 2.54. The van der Waals surface area contributed by atoms with Gasteiger partial charge in [-0.2, -0.15) is 23.3 Å². The topological polar surface area (TPSA) is 100 Å². The Morgan fingerprint density at radius 3 is 2.70 bits per heavy atom. The summed E-state index contributed by atoms with van der Waals surface area (Å²) in [4.78, 5) is 7.23. The molecule has 8 nitrogen and oxygen atoms in total. The molecule has 0 amide bonds. The molecule has 0 bridgehead atoms. The minimum atomic E-state index is -4.71. The van der Waals surface area contributed by atoms with Gasteiger partial charge in [-0.1, -0.05) is 0 Å². The molecule has 2 aliphatic rings. The molecule has 3 N–H and O–H groups in total. The van der Waals surface area contributed by atoms with Gasteiger partial charge >= 0.3 is 6.18 Å². The quantitative estimate of drug-likeness (QED) is 0.673. The number of aromatic nitrogens is 4. The molecule has 1 saturated heterocycles. The Bertz CT molecular complexity index is 941. The van der Waals surface area contributed by atoms with Gasteiger partial charge in [0, 0.05) is 25.1 Å². The van der Waals surface area contributed by atoms with E-state index in [1.807, 2.05) is 0 Å². The second-order valence-electron chi connectivity index (χ2n) is 7.34. The molecular weight excluding hydrogens is 415 g/mol. The zero-order chi connectivity index (χ0) is 21.7. The second kappa shape index (κ2) is 7.22. The summed E-state index contributed by atoms with van der Waals surface area (Å²) < 4.78 is 78.2. The average molecular weight is 434 g/mol. The fourth-order valence-electron chi connectivity index (χ4n) is 3.20. The molecule has 0 radical (unpaired) electrons. The van der Waals surface area contributed by atoms with E-state index in [0.29, 0.717) is 25.1 Å². The van der Waals surface area contributed by atoms with Gasteiger partial charge in [-0.15, -0.1) is 0 Å². The Hall–Kier alpha value is -2.70. The van der Waals surface area contributed by atoms with Crippen molar-refractivity contribution in [1.29, 1.82) is 0 Å². The van der Waals surface area contributed by atoms with Gasteiger partial charge in [0.05, 0.1) is 13.2 Å². The third kappa shape index (κ3) is 3.98. The van der Waals surface area contributed by atoms with Gasteiger partial charge in [-0.05, 0) is 13.3 Å². The number of hydrogen-bond acceptors (Lipinski definition) is 7. The molecule has 1 aliphatic carbocycles. The SMILES string of the molecule is Cc1nn(C2CC2(F)F)c(Nc2ncc(C(F)(F)F)c(N)n2)c1OC[C@H]1CCOC1. The van der Waals surface area contributed by atoms with Gasteiger partial charge in [0.25, 0.3) is 5.92 Å². The molecular formula is C17H19F5N6O2. The predicted molar refractivity (Wildman–Crippen MR) is 94.7 cm³/mol. The number of halogens is 5. The maximum Gasteiger partial charge on any atom is 0.421 e. The number of nitrogen functional groups attached to an aromatic ring is 1. The van der Waals surface area contributed by atoms with Crippen molar-refractivity contribution in [2.75, 3.05) is 30.9 Å². The molecule has 2 atom stereocenters. The summed E-state index contributed by atoms with van der Waals surface area (Å²) in [5.74, 6) is -3.64. The van der Waals surface area contributed by atoms with E-state index in [1.54, 1.807) is 6.92 Å². The fourth-order valence-corrected chi connectivity index (χ4v) is 3.20. The van der Waals surface area contributed by atoms with Crippen molar-refractivity contribution in [3.63, 3.8) is 0 Å². The Kier molecular flexibility index (Phi) is 4.95. The van der Waals surface area contributed by atoms with Crippen molar-refractivity contribution < 1.29 is 31.4 Å². The summed E-state index contributed by atoms with van der Waals surface area (Å²) in [5.41, 5.74) is 4.56. The van der Waals surface area contributed by atoms with Crippen LogP contribution in [0.1, 0.15) is 30.1 Å². The molecule has 2 aromatic heterocycles. The van der Waals surface area contributed by atoms with Crippen molar-refractivity contribution in [2.24, 2.45) is 5.92 Å². The molecule has 2 fully saturated rings. The molecule has 1 aliphatic heterocycles. The lowest BCUT2D eigenvalue weighted by molar-refractivity contribution is -0.137. The van der Waals surface area contributed by atoms with Gasteiger partial charge in [-0.3, -0.25) is 0 Å². The first kappa shape index (κ1) is 20.6. The number of alkyl halides is 5. The Balaban J connectivity index is 1.64. The average Bonchev–Trinajstić information content (AvgIpc) is 2.99. The van der Waals surface area contributed by atoms with E-state index in [0.717, 1.165) is 11.1 Å². The van der Waals surface area contributed by atoms with E-state index >= 15 is 0 Å². The zero-order valence-corrected chi connectivity index (χ0v) is 15.8. The first-order chi connectivity index (χ1) is 14.1. The molecule has 30 heavy (non-hydrogen) atoms. The number of rotatable bonds is 6. The van der Waals surface area contributed by atoms with E-state index in [1.165, 1.54) is 0 Å². The molecule has 3 heterocycles. The third-order valence-corrected chi connectivity index (χ3v) is 4.96. The van der Waals surface area contributed by atoms with E-state index in [2.05, 4.69) is 20.4 Å². The Morgan fingerprint density at radius 1 is 1.40 bits per heavy atom. The van der Waals surface area contributed by atoms with E-state index in [4.69, 9.17) is 15.2 Å². The first-order valence-corrected chi connectivity index (χ1v) is 9.20. The van der Waals surface area contributed by atoms with Crippen LogP contribution < -0.4 is 15.8 Å². The fraction of sp³-hybridized carbons (Fsp3) is 0.588. The largest absolute Gasteiger partial charge is 0.487 e. The molecule has 0 spiro atoms. The van der Waals surface area contributed by atoms with Gasteiger partial charge in [0.2, 0.25) is 5.95 Å². The molecule has 0 aromatic carbocycles. The lowest BCUT2D eigenvalue weighted by atomic mass is 10.1. The third-order valence-electron chi connectivity index (χ3n) is 4.96. The Labute approximate surface area is 167 Å². The monoisotopic (exact) mass is 434 g/mol. The standard InChI is InChI=1S/C17H19F5N6O2/c1-8-12(30-7-9-2-3-29-6-9)14(28(27-8)11-4-16(11,18)19)26-15-24-5-10(13(23)25-15)17(20,21)22/h5,9,11H,2-4,6-7H2,1H3,(H3,23,24,25,26)/t9-,11?/m0/s1. The van der Waals surface area contributed by atoms with Crippen LogP contribution in [0.3, 0.4) is 0 Å². The molecule has 1 saturated carbocycles. The number of nitrogens with zero attached hydrogens (tertiary/aromatic N) is 4. The summed E-state index contributed by atoms with van der Waals surface area (Å²) in [7, 11) is 0. The highest BCUT2D eigenvalue weighted by molar-refractivity contribution is 5.62. The summed E-state index contributed by atoms with van der Waals surface area (Å²) in [6.45, 7) is 3.00. The van der Waals surface area contributed by atoms with Crippen LogP contribution in [0.15, 0.2) is 6.20 Å². The second-order valence-corrected chi connectivity index (χ2v) is 7.34. The number of nitrogens with two attached hydrogens (primary N) is 1. The van der Waals surface area contributed by atoms with Gasteiger partial charge in [-0.25, -0.2) is 18.4 Å². The normalized spacial score (nSPS) is 22.9. The van der Waals surface area contributed by atoms with Crippen LogP contribution in [0.25, 0.3) is 0 Å². The maximum atomic E-state index is 13.7. The van der Waals surface area contributed by atoms with Gasteiger partial charge < -0.3 is 20.5 Å². The number of aryl methyl sites for hydroxylation is 1. The number of ether oxygens (including phenoxy) is 2. The number of nitrogens with one attached hydrogen (secondary N) is 1. The summed E-state index contributed by atoms with van der Waals surface area (Å²) in [6.07, 6.45) is -3.79. The molecule has 1 unspecified atom stereocenters. The van der Waals surface area contributed by atoms with Crippen molar-refractivity contribution in [1.82, 2.24) is 19.7 Å². The summed E-state index contributed by atoms with van der Waals surface area (Å²) in [5, 5.41) is 6.80. The van der Waals surface area contributed by atoms with Crippen LogP contribution in [0.4, 0.5) is 39.5 Å². The van der Waals surface area contributed by atoms with Gasteiger partial charge in [0.15, 0.2) is 11.6 Å². The smallest absolute Gasteiger partial charge is 0.421 e. The van der Waals surface area contributed by atoms with Crippen LogP contribution in [-0.4, -0.2) is 45.5 Å². The van der Waals surface area contributed by atoms with Crippen molar-refractivity contribution in [3.8, 4) is 5.75 Å². The Morgan fingerprint density at radius 2 is 2.13 bits per heavy atom. The van der Waals surface area contributed by atoms with E-state index in [-0.39, 0.29) is 30.0 Å². The minimum absolute atomic E-state index is 0.0350. The van der Waals surface area contributed by atoms with Crippen LogP contribution in [0, 0.1) is 12.8 Å². The van der Waals surface area contributed by atoms with E-state index in [9.17, 15) is 22.0 Å². The van der Waals surface area contributed by atoms with Crippen molar-refractivity contribution in [3.05, 3.63) is 17.5 Å². The summed E-state index contributed by atoms with van der Waals surface area (Å²) >= 11 is 0. The number of anilines is 3. The summed E-state index contributed by atoms with van der Waals surface area (Å²) in [6, 6.07) is -1.20. The van der Waals surface area contributed by atoms with Crippen molar-refractivity contribution in [2.45, 2.75) is 37.9 Å². The lowest BCUT2D eigenvalue weighted by Crippen LogP contribution is -2.15. The molecule has 4 rings (SSSR count). The van der Waals surface area contributed by atoms with E-state index < -0.39 is 35.9 Å². The zero-order valence-electron chi connectivity index (χ0n) is 15.8. The predicted octanol–water partition coefficient (Wildman–Crippen LogP) is 3.32. The minimum Gasteiger partial charge on any atom is -0.487 e. The first-order valence-electron chi connectivity index (χ1n) is 9.20. The molecule has 164 valence electrons. The van der Waals surface area contributed by atoms with Crippen LogP contribution >= 0.6 is 0 Å². The number of hydrogen-bond donors (Lipinski definition) is 2. The molecule has 2 aromatic rings. The van der Waals surface area contributed by atoms with Crippen LogP contribution in [0.2, 0.25) is 0 Å². The molecule has 13 heteroatoms. The highest BCUT2D eigenvalue weighted by Gasteiger charge is 2.60. The van der Waals surface area contributed by atoms with Crippen molar-refractivity contribution >= 4 is 17.6 Å².